The van der Waals surface area contributed by atoms with Crippen molar-refractivity contribution in [2.45, 2.75) is 32.1 Å². The van der Waals surface area contributed by atoms with Gasteiger partial charge in [0.15, 0.2) is 0 Å². The van der Waals surface area contributed by atoms with E-state index in [1.54, 1.807) is 0 Å². The minimum atomic E-state index is -0.159. The summed E-state index contributed by atoms with van der Waals surface area (Å²) in [5.74, 6) is 0. The Morgan fingerprint density at radius 3 is 2.39 bits per heavy atom. The molecule has 1 aliphatic carbocycles. The smallest absolute Gasteiger partial charge is 0.0991 e. The number of hydrogen-bond acceptors (Lipinski definition) is 3. The summed E-state index contributed by atoms with van der Waals surface area (Å²) < 4.78 is 0. The maximum absolute atomic E-state index is 9.11. The zero-order chi connectivity index (χ0) is 20.3. The second kappa shape index (κ2) is 8.04. The maximum Gasteiger partial charge on any atom is 0.0991 e. The predicted molar refractivity (Wildman–Crippen MR) is 118 cm³/mol. The first-order valence-electron chi connectivity index (χ1n) is 9.84. The molecule has 28 heavy (non-hydrogen) atoms. The molecule has 3 rings (SSSR count). The van der Waals surface area contributed by atoms with Crippen LogP contribution in [0, 0.1) is 11.3 Å². The molecule has 2 aromatic rings. The number of nitrogens with one attached hydrogen (secondary N) is 2. The second-order valence-electron chi connectivity index (χ2n) is 7.88. The van der Waals surface area contributed by atoms with Crippen molar-refractivity contribution in [3.63, 3.8) is 0 Å². The van der Waals surface area contributed by atoms with Crippen LogP contribution >= 0.6 is 0 Å². The van der Waals surface area contributed by atoms with E-state index < -0.39 is 0 Å². The number of aryl methyl sites for hydroxylation is 1. The number of fused-ring (bicyclic) bond motifs is 1. The van der Waals surface area contributed by atoms with Gasteiger partial charge in [0.2, 0.25) is 0 Å². The topological polar surface area (TPSA) is 47.9 Å². The van der Waals surface area contributed by atoms with Gasteiger partial charge in [-0.25, -0.2) is 0 Å². The minimum Gasteiger partial charge on any atom is -0.390 e. The first-order valence-corrected chi connectivity index (χ1v) is 9.84. The molecule has 2 N–H and O–H groups in total. The van der Waals surface area contributed by atoms with Crippen molar-refractivity contribution >= 4 is 11.1 Å². The molecule has 144 valence electrons. The Balaban J connectivity index is 2.09. The molecule has 0 radical (unpaired) electrons. The first kappa shape index (κ1) is 19.9. The van der Waals surface area contributed by atoms with Gasteiger partial charge in [0.1, 0.15) is 0 Å². The average Bonchev–Trinajstić information content (AvgIpc) is 2.71. The quantitative estimate of drug-likeness (QED) is 0.727. The Morgan fingerprint density at radius 2 is 1.79 bits per heavy atom. The number of allylic oxidation sites excluding steroid dienone is 3. The molecule has 0 heterocycles. The lowest BCUT2D eigenvalue weighted by Crippen LogP contribution is -2.33. The maximum atomic E-state index is 9.11. The molecule has 0 aromatic heterocycles. The van der Waals surface area contributed by atoms with Crippen molar-refractivity contribution in [2.75, 3.05) is 20.6 Å². The van der Waals surface area contributed by atoms with Crippen LogP contribution in [0.3, 0.4) is 0 Å². The third-order valence-electron chi connectivity index (χ3n) is 5.70. The van der Waals surface area contributed by atoms with Gasteiger partial charge in [0.05, 0.1) is 11.6 Å². The predicted octanol–water partition coefficient (Wildman–Crippen LogP) is 4.65. The van der Waals surface area contributed by atoms with E-state index >= 15 is 0 Å². The van der Waals surface area contributed by atoms with Crippen LogP contribution in [0.2, 0.25) is 0 Å². The molecule has 0 amide bonds. The number of likely N-dealkylation sites (N-methyl/N-ethyl adjacent to an activating group) is 1. The SMILES string of the molecule is C=C1C(c2ccc(C#N)cc2)=C(NC)C(C)(C)c2cc(CCCNC)ccc21. The van der Waals surface area contributed by atoms with Crippen LogP contribution in [-0.4, -0.2) is 20.6 Å². The third kappa shape index (κ3) is 3.48. The first-order chi connectivity index (χ1) is 13.4. The van der Waals surface area contributed by atoms with Crippen LogP contribution < -0.4 is 10.6 Å². The number of hydrogen-bond donors (Lipinski definition) is 2. The van der Waals surface area contributed by atoms with Gasteiger partial charge in [-0.1, -0.05) is 50.8 Å². The molecular formula is C25H29N3. The minimum absolute atomic E-state index is 0.159. The van der Waals surface area contributed by atoms with E-state index in [2.05, 4.69) is 55.3 Å². The van der Waals surface area contributed by atoms with Crippen molar-refractivity contribution < 1.29 is 0 Å². The Morgan fingerprint density at radius 1 is 1.07 bits per heavy atom. The summed E-state index contributed by atoms with van der Waals surface area (Å²) in [7, 11) is 3.98. The fourth-order valence-electron chi connectivity index (χ4n) is 4.20. The molecule has 0 fully saturated rings. The standard InChI is InChI=1S/C25H29N3/c1-17-21-13-10-18(7-6-14-27-4)15-22(21)25(2,3)24(28-5)23(17)20-11-8-19(16-26)9-12-20/h8-13,15,27-28H,1,6-7,14H2,2-5H3. The highest BCUT2D eigenvalue weighted by Gasteiger charge is 2.36. The van der Waals surface area contributed by atoms with Crippen LogP contribution in [0.15, 0.2) is 54.7 Å². The van der Waals surface area contributed by atoms with E-state index in [4.69, 9.17) is 5.26 Å². The van der Waals surface area contributed by atoms with Gasteiger partial charge in [0, 0.05) is 23.7 Å². The van der Waals surface area contributed by atoms with Crippen LogP contribution in [0.25, 0.3) is 11.1 Å². The normalized spacial score (nSPS) is 15.2. The summed E-state index contributed by atoms with van der Waals surface area (Å²) in [4.78, 5) is 0. The van der Waals surface area contributed by atoms with Crippen molar-refractivity contribution in [2.24, 2.45) is 0 Å². The van der Waals surface area contributed by atoms with E-state index in [-0.39, 0.29) is 5.41 Å². The average molecular weight is 372 g/mol. The monoisotopic (exact) mass is 371 g/mol. The zero-order valence-corrected chi connectivity index (χ0v) is 17.3. The summed E-state index contributed by atoms with van der Waals surface area (Å²) >= 11 is 0. The lowest BCUT2D eigenvalue weighted by molar-refractivity contribution is 0.577. The van der Waals surface area contributed by atoms with Crippen LogP contribution in [-0.2, 0) is 11.8 Å². The molecule has 1 aliphatic rings. The highest BCUT2D eigenvalue weighted by atomic mass is 14.9. The van der Waals surface area contributed by atoms with E-state index in [0.717, 1.165) is 36.1 Å². The largest absolute Gasteiger partial charge is 0.390 e. The van der Waals surface area contributed by atoms with Gasteiger partial charge < -0.3 is 10.6 Å². The number of nitrogens with zero attached hydrogens (tertiary/aromatic N) is 1. The highest BCUT2D eigenvalue weighted by molar-refractivity contribution is 6.08. The molecule has 0 saturated carbocycles. The van der Waals surface area contributed by atoms with Gasteiger partial charge in [-0.3, -0.25) is 0 Å². The van der Waals surface area contributed by atoms with E-state index in [9.17, 15) is 0 Å². The molecule has 0 saturated heterocycles. The van der Waals surface area contributed by atoms with Gasteiger partial charge in [-0.2, -0.15) is 5.26 Å². The molecule has 3 heteroatoms. The third-order valence-corrected chi connectivity index (χ3v) is 5.70. The lowest BCUT2D eigenvalue weighted by atomic mass is 9.68. The van der Waals surface area contributed by atoms with Crippen molar-refractivity contribution in [3.05, 3.63) is 82.6 Å². The van der Waals surface area contributed by atoms with Crippen molar-refractivity contribution in [1.82, 2.24) is 10.6 Å². The van der Waals surface area contributed by atoms with Crippen LogP contribution in [0.1, 0.15) is 48.1 Å². The van der Waals surface area contributed by atoms with E-state index in [0.29, 0.717) is 5.56 Å². The molecular weight excluding hydrogens is 342 g/mol. The Hall–Kier alpha value is -2.83. The Kier molecular flexibility index (Phi) is 5.72. The Bertz CT molecular complexity index is 956. The molecule has 0 atom stereocenters. The van der Waals surface area contributed by atoms with E-state index in [1.807, 2.05) is 38.4 Å². The fourth-order valence-corrected chi connectivity index (χ4v) is 4.20. The number of benzene rings is 2. The van der Waals surface area contributed by atoms with Gasteiger partial charge >= 0.3 is 0 Å². The summed E-state index contributed by atoms with van der Waals surface area (Å²) in [5, 5.41) is 15.8. The molecule has 3 nitrogen and oxygen atoms in total. The lowest BCUT2D eigenvalue weighted by Gasteiger charge is -2.39. The van der Waals surface area contributed by atoms with E-state index in [1.165, 1.54) is 22.4 Å². The van der Waals surface area contributed by atoms with Crippen molar-refractivity contribution in [3.8, 4) is 6.07 Å². The summed E-state index contributed by atoms with van der Waals surface area (Å²) in [6.07, 6.45) is 2.19. The Labute approximate surface area is 168 Å². The highest BCUT2D eigenvalue weighted by Crippen LogP contribution is 2.48. The summed E-state index contributed by atoms with van der Waals surface area (Å²) in [5.41, 5.74) is 8.83. The van der Waals surface area contributed by atoms with Gasteiger partial charge in [-0.05, 0) is 66.4 Å². The zero-order valence-electron chi connectivity index (χ0n) is 17.3. The summed E-state index contributed by atoms with van der Waals surface area (Å²) in [6, 6.07) is 16.8. The van der Waals surface area contributed by atoms with Gasteiger partial charge in [-0.15, -0.1) is 0 Å². The fraction of sp³-hybridized carbons (Fsp3) is 0.320. The summed E-state index contributed by atoms with van der Waals surface area (Å²) in [6.45, 7) is 10.0. The van der Waals surface area contributed by atoms with Crippen molar-refractivity contribution in [1.29, 1.82) is 5.26 Å². The molecule has 0 aliphatic heterocycles. The molecule has 0 spiro atoms. The molecule has 2 aromatic carbocycles. The second-order valence-corrected chi connectivity index (χ2v) is 7.88. The number of nitriles is 1. The number of rotatable bonds is 6. The van der Waals surface area contributed by atoms with Crippen LogP contribution in [0.4, 0.5) is 0 Å². The van der Waals surface area contributed by atoms with Gasteiger partial charge in [0.25, 0.3) is 0 Å². The molecule has 0 bridgehead atoms. The van der Waals surface area contributed by atoms with Crippen LogP contribution in [0.5, 0.6) is 0 Å². The molecule has 0 unspecified atom stereocenters.